The standard InChI is InChI=1S/C16H16N4O6S3/c1-20-8-10(6-19-20)12-5-11(3-4-13(12)28(2,22)23)29(24,25)15-7-18-14(27-15)9-26-16(17)21/h3-8H,9H2,1-2H3,(H2,17,21). The van der Waals surface area contributed by atoms with E-state index in [0.717, 1.165) is 23.8 Å². The van der Waals surface area contributed by atoms with Crippen molar-refractivity contribution in [2.75, 3.05) is 6.26 Å². The molecule has 0 spiro atoms. The van der Waals surface area contributed by atoms with Crippen molar-refractivity contribution in [2.45, 2.75) is 20.6 Å². The lowest BCUT2D eigenvalue weighted by atomic mass is 10.1. The van der Waals surface area contributed by atoms with Gasteiger partial charge >= 0.3 is 6.09 Å². The van der Waals surface area contributed by atoms with Gasteiger partial charge in [0.1, 0.15) is 15.8 Å². The number of sulfone groups is 2. The average Bonchev–Trinajstić information content (AvgIpc) is 3.28. The summed E-state index contributed by atoms with van der Waals surface area (Å²) in [5, 5.41) is 4.27. The van der Waals surface area contributed by atoms with Gasteiger partial charge in [0.2, 0.25) is 9.84 Å². The van der Waals surface area contributed by atoms with E-state index in [2.05, 4.69) is 14.8 Å². The van der Waals surface area contributed by atoms with Gasteiger partial charge in [0.25, 0.3) is 0 Å². The van der Waals surface area contributed by atoms with Gasteiger partial charge in [-0.05, 0) is 18.2 Å². The van der Waals surface area contributed by atoms with E-state index in [0.29, 0.717) is 5.56 Å². The van der Waals surface area contributed by atoms with E-state index in [9.17, 15) is 21.6 Å². The molecule has 2 heterocycles. The van der Waals surface area contributed by atoms with E-state index in [1.54, 1.807) is 13.2 Å². The number of nitrogens with zero attached hydrogens (tertiary/aromatic N) is 3. The summed E-state index contributed by atoms with van der Waals surface area (Å²) in [6.07, 6.45) is 4.24. The van der Waals surface area contributed by atoms with Gasteiger partial charge in [0.05, 0.1) is 22.2 Å². The predicted molar refractivity (Wildman–Crippen MR) is 104 cm³/mol. The van der Waals surface area contributed by atoms with Crippen molar-refractivity contribution < 1.29 is 26.4 Å². The summed E-state index contributed by atoms with van der Waals surface area (Å²) < 4.78 is 56.3. The lowest BCUT2D eigenvalue weighted by Gasteiger charge is -2.09. The minimum atomic E-state index is -3.98. The maximum Gasteiger partial charge on any atom is 0.404 e. The summed E-state index contributed by atoms with van der Waals surface area (Å²) in [5.74, 6) is 0. The van der Waals surface area contributed by atoms with Crippen molar-refractivity contribution in [1.82, 2.24) is 14.8 Å². The highest BCUT2D eigenvalue weighted by Gasteiger charge is 2.25. The van der Waals surface area contributed by atoms with Crippen molar-refractivity contribution in [1.29, 1.82) is 0 Å². The third-order valence-corrected chi connectivity index (χ3v) is 8.15. The van der Waals surface area contributed by atoms with Gasteiger partial charge in [0, 0.05) is 30.6 Å². The van der Waals surface area contributed by atoms with Crippen LogP contribution in [0, 0.1) is 0 Å². The lowest BCUT2D eigenvalue weighted by Crippen LogP contribution is -2.12. The van der Waals surface area contributed by atoms with E-state index in [1.807, 2.05) is 0 Å². The maximum absolute atomic E-state index is 13.0. The first-order chi connectivity index (χ1) is 13.5. The van der Waals surface area contributed by atoms with Crippen molar-refractivity contribution in [3.05, 3.63) is 41.8 Å². The number of ether oxygens (including phenoxy) is 1. The Labute approximate surface area is 170 Å². The average molecular weight is 457 g/mol. The lowest BCUT2D eigenvalue weighted by molar-refractivity contribution is 0.150. The van der Waals surface area contributed by atoms with Gasteiger partial charge < -0.3 is 10.5 Å². The zero-order valence-corrected chi connectivity index (χ0v) is 17.7. The second-order valence-corrected chi connectivity index (χ2v) is 11.3. The molecule has 154 valence electrons. The normalized spacial score (nSPS) is 12.1. The highest BCUT2D eigenvalue weighted by Crippen LogP contribution is 2.33. The molecular weight excluding hydrogens is 440 g/mol. The first kappa shape index (κ1) is 21.0. The maximum atomic E-state index is 13.0. The number of nitrogens with two attached hydrogens (primary N) is 1. The van der Waals surface area contributed by atoms with Crippen LogP contribution in [-0.2, 0) is 38.1 Å². The highest BCUT2D eigenvalue weighted by atomic mass is 32.2. The molecule has 0 aliphatic heterocycles. The Morgan fingerprint density at radius 3 is 2.55 bits per heavy atom. The molecule has 0 atom stereocenters. The largest absolute Gasteiger partial charge is 0.442 e. The molecule has 1 amide bonds. The quantitative estimate of drug-likeness (QED) is 0.584. The topological polar surface area (TPSA) is 151 Å². The van der Waals surface area contributed by atoms with Crippen molar-refractivity contribution in [3.8, 4) is 11.1 Å². The SMILES string of the molecule is Cn1cc(-c2cc(S(=O)(=O)c3cnc(COC(N)=O)s3)ccc2S(C)(=O)=O)cn1. The fraction of sp³-hybridized carbons (Fsp3) is 0.188. The number of hydrogen-bond donors (Lipinski definition) is 1. The molecule has 0 aliphatic carbocycles. The van der Waals surface area contributed by atoms with Crippen LogP contribution in [-0.4, -0.2) is 43.9 Å². The van der Waals surface area contributed by atoms with Crippen LogP contribution in [0.1, 0.15) is 5.01 Å². The van der Waals surface area contributed by atoms with Crippen LogP contribution < -0.4 is 5.73 Å². The van der Waals surface area contributed by atoms with Gasteiger partial charge in [0.15, 0.2) is 9.84 Å². The smallest absolute Gasteiger partial charge is 0.404 e. The molecule has 10 nitrogen and oxygen atoms in total. The monoisotopic (exact) mass is 456 g/mol. The van der Waals surface area contributed by atoms with Crippen LogP contribution in [0.3, 0.4) is 0 Å². The number of primary amides is 1. The molecule has 0 aliphatic rings. The molecule has 2 aromatic heterocycles. The number of amides is 1. The molecule has 1 aromatic carbocycles. The summed E-state index contributed by atoms with van der Waals surface area (Å²) in [6.45, 7) is -0.247. The van der Waals surface area contributed by atoms with E-state index < -0.39 is 25.8 Å². The molecular formula is C16H16N4O6S3. The van der Waals surface area contributed by atoms with Crippen LogP contribution in [0.15, 0.2) is 50.8 Å². The number of aryl methyl sites for hydroxylation is 1. The van der Waals surface area contributed by atoms with E-state index in [4.69, 9.17) is 5.73 Å². The molecule has 3 aromatic rings. The van der Waals surface area contributed by atoms with Crippen LogP contribution in [0.25, 0.3) is 11.1 Å². The Balaban J connectivity index is 2.08. The van der Waals surface area contributed by atoms with Crippen LogP contribution in [0.5, 0.6) is 0 Å². The third kappa shape index (κ3) is 4.46. The molecule has 29 heavy (non-hydrogen) atoms. The number of hydrogen-bond acceptors (Lipinski definition) is 9. The van der Waals surface area contributed by atoms with Gasteiger partial charge in [-0.1, -0.05) is 0 Å². The van der Waals surface area contributed by atoms with Crippen molar-refractivity contribution in [2.24, 2.45) is 12.8 Å². The Morgan fingerprint density at radius 2 is 1.97 bits per heavy atom. The minimum Gasteiger partial charge on any atom is -0.442 e. The fourth-order valence-corrected chi connectivity index (χ4v) is 5.93. The van der Waals surface area contributed by atoms with E-state index >= 15 is 0 Å². The first-order valence-corrected chi connectivity index (χ1v) is 12.1. The Kier molecular flexibility index (Phi) is 5.47. The summed E-state index contributed by atoms with van der Waals surface area (Å²) in [4.78, 5) is 14.5. The molecule has 0 unspecified atom stereocenters. The van der Waals surface area contributed by atoms with Crippen LogP contribution >= 0.6 is 11.3 Å². The second-order valence-electron chi connectivity index (χ2n) is 6.02. The minimum absolute atomic E-state index is 0.00991. The molecule has 13 heteroatoms. The molecule has 2 N–H and O–H groups in total. The number of aromatic nitrogens is 3. The molecule has 3 rings (SSSR count). The summed E-state index contributed by atoms with van der Waals surface area (Å²) >= 11 is 0.826. The number of benzene rings is 1. The molecule has 0 radical (unpaired) electrons. The first-order valence-electron chi connectivity index (χ1n) is 7.93. The van der Waals surface area contributed by atoms with Gasteiger partial charge in [-0.15, -0.1) is 11.3 Å². The summed E-state index contributed by atoms with van der Waals surface area (Å²) in [5.41, 5.74) is 5.58. The van der Waals surface area contributed by atoms with Gasteiger partial charge in [-0.25, -0.2) is 26.6 Å². The highest BCUT2D eigenvalue weighted by molar-refractivity contribution is 7.93. The number of carbonyl (C=O) groups is 1. The molecule has 0 saturated carbocycles. The van der Waals surface area contributed by atoms with Crippen molar-refractivity contribution >= 4 is 37.1 Å². The number of rotatable bonds is 6. The number of thiazole rings is 1. The third-order valence-electron chi connectivity index (χ3n) is 3.81. The Bertz CT molecular complexity index is 1290. The van der Waals surface area contributed by atoms with E-state index in [-0.39, 0.29) is 31.2 Å². The van der Waals surface area contributed by atoms with Gasteiger partial charge in [-0.3, -0.25) is 4.68 Å². The van der Waals surface area contributed by atoms with Crippen LogP contribution in [0.2, 0.25) is 0 Å². The second kappa shape index (κ2) is 7.57. The molecule has 0 saturated heterocycles. The summed E-state index contributed by atoms with van der Waals surface area (Å²) in [7, 11) is -5.93. The van der Waals surface area contributed by atoms with Crippen LogP contribution in [0.4, 0.5) is 4.79 Å². The van der Waals surface area contributed by atoms with Crippen molar-refractivity contribution in [3.63, 3.8) is 0 Å². The molecule has 0 bridgehead atoms. The zero-order valence-electron chi connectivity index (χ0n) is 15.3. The van der Waals surface area contributed by atoms with Gasteiger partial charge in [-0.2, -0.15) is 5.10 Å². The predicted octanol–water partition coefficient (Wildman–Crippen LogP) is 1.38. The van der Waals surface area contributed by atoms with E-state index in [1.165, 1.54) is 29.1 Å². The molecule has 0 fully saturated rings. The fourth-order valence-electron chi connectivity index (χ4n) is 2.52. The number of carbonyl (C=O) groups excluding carboxylic acids is 1. The Hall–Kier alpha value is -2.77. The summed E-state index contributed by atoms with van der Waals surface area (Å²) in [6, 6.07) is 3.77. The Morgan fingerprint density at radius 1 is 1.24 bits per heavy atom. The zero-order chi connectivity index (χ0) is 21.4.